The summed E-state index contributed by atoms with van der Waals surface area (Å²) in [5.74, 6) is 0. The van der Waals surface area contributed by atoms with Crippen molar-refractivity contribution in [2.24, 2.45) is 0 Å². The molecule has 0 rings (SSSR count). The van der Waals surface area contributed by atoms with Gasteiger partial charge in [0.05, 0.1) is 6.61 Å². The summed E-state index contributed by atoms with van der Waals surface area (Å²) in [6.07, 6.45) is 22.6. The zero-order chi connectivity index (χ0) is 16.1. The molecule has 0 aromatic heterocycles. The predicted molar refractivity (Wildman–Crippen MR) is 98.9 cm³/mol. The molecule has 0 amide bonds. The first-order chi connectivity index (χ1) is 10.9. The Balaban J connectivity index is 2.91. The summed E-state index contributed by atoms with van der Waals surface area (Å²) >= 11 is 0. The molecule has 0 aromatic carbocycles. The van der Waals surface area contributed by atoms with Crippen molar-refractivity contribution in [3.8, 4) is 0 Å². The van der Waals surface area contributed by atoms with Crippen LogP contribution >= 0.6 is 0 Å². The summed E-state index contributed by atoms with van der Waals surface area (Å²) < 4.78 is 0. The quantitative estimate of drug-likeness (QED) is 0.214. The molecular weight excluding hydrogens is 270 g/mol. The van der Waals surface area contributed by atoms with Crippen molar-refractivity contribution in [1.29, 1.82) is 0 Å². The van der Waals surface area contributed by atoms with E-state index in [0.717, 1.165) is 6.61 Å². The Hall–Kier alpha value is -0.0800. The molecule has 0 bridgehead atoms. The van der Waals surface area contributed by atoms with Gasteiger partial charge in [-0.1, -0.05) is 103 Å². The predicted octanol–water partition coefficient (Wildman–Crippen LogP) is 6.60. The maximum Gasteiger partial charge on any atom is 0.0682 e. The van der Waals surface area contributed by atoms with E-state index in [2.05, 4.69) is 19.3 Å². The fourth-order valence-electron chi connectivity index (χ4n) is 2.87. The first-order valence-corrected chi connectivity index (χ1v) is 10.1. The molecule has 0 fully saturated rings. The van der Waals surface area contributed by atoms with Gasteiger partial charge in [0.1, 0.15) is 0 Å². The first kappa shape index (κ1) is 21.9. The lowest BCUT2D eigenvalue weighted by Crippen LogP contribution is -2.14. The molecule has 0 saturated heterocycles. The lowest BCUT2D eigenvalue weighted by Gasteiger charge is -2.04. The second-order valence-electron chi connectivity index (χ2n) is 6.55. The molecule has 1 radical (unpaired) electrons. The second-order valence-corrected chi connectivity index (χ2v) is 6.55. The van der Waals surface area contributed by atoms with Gasteiger partial charge in [0, 0.05) is 6.54 Å². The highest BCUT2D eigenvalue weighted by Gasteiger charge is 1.94. The molecular formula is C20H42NO. The molecule has 2 heteroatoms. The second kappa shape index (κ2) is 20.9. The molecule has 1 N–H and O–H groups in total. The van der Waals surface area contributed by atoms with E-state index < -0.39 is 0 Å². The fourth-order valence-corrected chi connectivity index (χ4v) is 2.87. The highest BCUT2D eigenvalue weighted by molar-refractivity contribution is 4.49. The molecule has 0 spiro atoms. The number of rotatable bonds is 19. The van der Waals surface area contributed by atoms with Crippen LogP contribution in [0.5, 0.6) is 0 Å². The van der Waals surface area contributed by atoms with Crippen molar-refractivity contribution < 1.29 is 4.84 Å². The van der Waals surface area contributed by atoms with Gasteiger partial charge in [-0.15, -0.1) is 0 Å². The highest BCUT2D eigenvalue weighted by atomic mass is 16.6. The van der Waals surface area contributed by atoms with Crippen LogP contribution in [-0.4, -0.2) is 13.2 Å². The molecule has 0 aliphatic rings. The molecule has 0 unspecified atom stereocenters. The summed E-state index contributed by atoms with van der Waals surface area (Å²) in [5, 5.41) is 0. The van der Waals surface area contributed by atoms with E-state index in [-0.39, 0.29) is 0 Å². The van der Waals surface area contributed by atoms with Crippen molar-refractivity contribution in [3.63, 3.8) is 0 Å². The average molecular weight is 313 g/mol. The zero-order valence-corrected chi connectivity index (χ0v) is 15.3. The molecule has 0 aliphatic heterocycles. The smallest absolute Gasteiger partial charge is 0.0682 e. The first-order valence-electron chi connectivity index (χ1n) is 10.1. The summed E-state index contributed by atoms with van der Waals surface area (Å²) in [6.45, 7) is 7.43. The van der Waals surface area contributed by atoms with Crippen LogP contribution < -0.4 is 5.48 Å². The SMILES string of the molecule is [CH2]CNOCCCCCCCCCCCCCCCCCC. The van der Waals surface area contributed by atoms with E-state index in [1.165, 1.54) is 103 Å². The largest absolute Gasteiger partial charge is 0.302 e. The van der Waals surface area contributed by atoms with Crippen LogP contribution in [0, 0.1) is 6.92 Å². The fraction of sp³-hybridized carbons (Fsp3) is 0.950. The third-order valence-corrected chi connectivity index (χ3v) is 4.30. The Morgan fingerprint density at radius 3 is 1.32 bits per heavy atom. The van der Waals surface area contributed by atoms with E-state index in [1.54, 1.807) is 0 Å². The Labute approximate surface area is 140 Å². The van der Waals surface area contributed by atoms with Crippen molar-refractivity contribution >= 4 is 0 Å². The Kier molecular flexibility index (Phi) is 20.8. The lowest BCUT2D eigenvalue weighted by atomic mass is 10.0. The van der Waals surface area contributed by atoms with Crippen LogP contribution in [-0.2, 0) is 4.84 Å². The van der Waals surface area contributed by atoms with Crippen LogP contribution in [0.1, 0.15) is 110 Å². The van der Waals surface area contributed by atoms with Crippen molar-refractivity contribution in [1.82, 2.24) is 5.48 Å². The van der Waals surface area contributed by atoms with Crippen molar-refractivity contribution in [2.75, 3.05) is 13.2 Å². The van der Waals surface area contributed by atoms with Crippen molar-refractivity contribution in [3.05, 3.63) is 6.92 Å². The molecule has 2 nitrogen and oxygen atoms in total. The van der Waals surface area contributed by atoms with Crippen LogP contribution in [0.25, 0.3) is 0 Å². The van der Waals surface area contributed by atoms with Gasteiger partial charge in [-0.05, 0) is 13.3 Å². The topological polar surface area (TPSA) is 21.3 Å². The zero-order valence-electron chi connectivity index (χ0n) is 15.3. The summed E-state index contributed by atoms with van der Waals surface area (Å²) in [4.78, 5) is 5.19. The minimum absolute atomic E-state index is 0.652. The maximum absolute atomic E-state index is 5.19. The molecule has 0 heterocycles. The van der Waals surface area contributed by atoms with E-state index in [9.17, 15) is 0 Å². The number of unbranched alkanes of at least 4 members (excludes halogenated alkanes) is 15. The van der Waals surface area contributed by atoms with Gasteiger partial charge < -0.3 is 4.84 Å². The molecule has 0 atom stereocenters. The van der Waals surface area contributed by atoms with Crippen LogP contribution in [0.4, 0.5) is 0 Å². The Morgan fingerprint density at radius 1 is 0.591 bits per heavy atom. The van der Waals surface area contributed by atoms with E-state index in [4.69, 9.17) is 4.84 Å². The molecule has 22 heavy (non-hydrogen) atoms. The number of hydrogen-bond acceptors (Lipinski definition) is 2. The van der Waals surface area contributed by atoms with Gasteiger partial charge in [0.25, 0.3) is 0 Å². The third kappa shape index (κ3) is 19.9. The Morgan fingerprint density at radius 2 is 0.955 bits per heavy atom. The highest BCUT2D eigenvalue weighted by Crippen LogP contribution is 2.13. The number of hydroxylamine groups is 1. The van der Waals surface area contributed by atoms with Gasteiger partial charge in [0.2, 0.25) is 0 Å². The summed E-state index contributed by atoms with van der Waals surface area (Å²) in [6, 6.07) is 0. The minimum atomic E-state index is 0.652. The number of nitrogens with one attached hydrogen (secondary N) is 1. The van der Waals surface area contributed by atoms with Gasteiger partial charge in [-0.3, -0.25) is 0 Å². The van der Waals surface area contributed by atoms with Crippen LogP contribution in [0.3, 0.4) is 0 Å². The van der Waals surface area contributed by atoms with Crippen LogP contribution in [0.2, 0.25) is 0 Å². The summed E-state index contributed by atoms with van der Waals surface area (Å²) in [5.41, 5.74) is 2.79. The molecule has 133 valence electrons. The lowest BCUT2D eigenvalue weighted by molar-refractivity contribution is 0.0453. The standard InChI is InChI=1S/C20H42NO/c1-3-5-6-7-8-9-10-11-12-13-14-15-16-17-18-19-20-22-21-4-2/h21H,2-20H2,1H3. The molecule has 0 aliphatic carbocycles. The van der Waals surface area contributed by atoms with Gasteiger partial charge in [-0.25, -0.2) is 5.48 Å². The molecule has 0 aromatic rings. The van der Waals surface area contributed by atoms with E-state index >= 15 is 0 Å². The summed E-state index contributed by atoms with van der Waals surface area (Å²) in [7, 11) is 0. The maximum atomic E-state index is 5.19. The van der Waals surface area contributed by atoms with Crippen molar-refractivity contribution in [2.45, 2.75) is 110 Å². The van der Waals surface area contributed by atoms with Gasteiger partial charge in [0.15, 0.2) is 0 Å². The van der Waals surface area contributed by atoms with E-state index in [1.807, 2.05) is 0 Å². The van der Waals surface area contributed by atoms with E-state index in [0.29, 0.717) is 6.54 Å². The molecule has 0 saturated carbocycles. The minimum Gasteiger partial charge on any atom is -0.302 e. The average Bonchev–Trinajstić information content (AvgIpc) is 2.54. The normalized spacial score (nSPS) is 11.2. The number of hydrogen-bond donors (Lipinski definition) is 1. The van der Waals surface area contributed by atoms with Crippen LogP contribution in [0.15, 0.2) is 0 Å². The monoisotopic (exact) mass is 312 g/mol. The van der Waals surface area contributed by atoms with Gasteiger partial charge >= 0.3 is 0 Å². The Bertz CT molecular complexity index is 165. The van der Waals surface area contributed by atoms with Gasteiger partial charge in [-0.2, -0.15) is 0 Å². The third-order valence-electron chi connectivity index (χ3n) is 4.30.